The number of benzene rings is 1. The van der Waals surface area contributed by atoms with E-state index in [1.165, 1.54) is 24.8 Å². The number of allylic oxidation sites excluding steroid dienone is 6. The molecule has 1 saturated carbocycles. The Bertz CT molecular complexity index is 1050. The Kier molecular flexibility index (Phi) is 5.70. The predicted molar refractivity (Wildman–Crippen MR) is 136 cm³/mol. The average molecular weight is 425 g/mol. The van der Waals surface area contributed by atoms with Crippen LogP contribution in [0.25, 0.3) is 0 Å². The highest BCUT2D eigenvalue weighted by molar-refractivity contribution is 6.90. The quantitative estimate of drug-likeness (QED) is 0.342. The molecule has 0 N–H and O–H groups in total. The first-order valence-electron chi connectivity index (χ1n) is 12.0. The fraction of sp³-hybridized carbons (Fsp3) is 0.467. The van der Waals surface area contributed by atoms with E-state index in [1.807, 2.05) is 0 Å². The molecule has 0 radical (unpaired) electrons. The Morgan fingerprint density at radius 2 is 1.39 bits per heavy atom. The smallest absolute Gasteiger partial charge is 0.125 e. The largest absolute Gasteiger partial charge is 0.146 e. The zero-order chi connectivity index (χ0) is 22.3. The summed E-state index contributed by atoms with van der Waals surface area (Å²) in [5.74, 6) is 10.7. The predicted octanol–water partition coefficient (Wildman–Crippen LogP) is 7.83. The van der Waals surface area contributed by atoms with Gasteiger partial charge in [0.25, 0.3) is 0 Å². The third-order valence-electron chi connectivity index (χ3n) is 8.30. The van der Waals surface area contributed by atoms with Crippen LogP contribution in [0.2, 0.25) is 16.6 Å². The van der Waals surface area contributed by atoms with Gasteiger partial charge in [-0.3, -0.25) is 0 Å². The van der Waals surface area contributed by atoms with Gasteiger partial charge in [0.15, 0.2) is 0 Å². The van der Waals surface area contributed by atoms with Crippen LogP contribution in [0, 0.1) is 34.1 Å². The second kappa shape index (κ2) is 8.04. The van der Waals surface area contributed by atoms with Crippen LogP contribution in [0.3, 0.4) is 0 Å². The third kappa shape index (κ3) is 3.30. The van der Waals surface area contributed by atoms with Crippen LogP contribution in [-0.4, -0.2) is 8.07 Å². The fourth-order valence-corrected chi connectivity index (χ4v) is 11.9. The fourth-order valence-electron chi connectivity index (χ4n) is 6.66. The van der Waals surface area contributed by atoms with Gasteiger partial charge in [0, 0.05) is 27.5 Å². The average Bonchev–Trinajstić information content (AvgIpc) is 3.04. The van der Waals surface area contributed by atoms with Crippen molar-refractivity contribution in [1.82, 2.24) is 0 Å². The molecule has 31 heavy (non-hydrogen) atoms. The molecule has 0 heterocycles. The first-order chi connectivity index (χ1) is 14.8. The monoisotopic (exact) mass is 424 g/mol. The van der Waals surface area contributed by atoms with Crippen LogP contribution >= 0.6 is 0 Å². The zero-order valence-corrected chi connectivity index (χ0v) is 21.0. The summed E-state index contributed by atoms with van der Waals surface area (Å²) in [4.78, 5) is 0. The van der Waals surface area contributed by atoms with E-state index >= 15 is 0 Å². The summed E-state index contributed by atoms with van der Waals surface area (Å²) in [5.41, 5.74) is 9.64. The minimum Gasteiger partial charge on any atom is -0.125 e. The highest BCUT2D eigenvalue weighted by Crippen LogP contribution is 2.67. The summed E-state index contributed by atoms with van der Waals surface area (Å²) in [6, 6.07) is 8.46. The number of hydrogen-bond donors (Lipinski definition) is 0. The Balaban J connectivity index is 1.69. The van der Waals surface area contributed by atoms with Gasteiger partial charge in [-0.25, -0.2) is 0 Å². The molecule has 0 amide bonds. The molecule has 0 unspecified atom stereocenters. The molecule has 1 aromatic rings. The van der Waals surface area contributed by atoms with E-state index in [0.717, 1.165) is 11.1 Å². The normalized spacial score (nSPS) is 25.9. The summed E-state index contributed by atoms with van der Waals surface area (Å²) in [5, 5.41) is 0. The molecule has 0 aliphatic heterocycles. The lowest BCUT2D eigenvalue weighted by Gasteiger charge is -2.50. The molecule has 1 aromatic carbocycles. The van der Waals surface area contributed by atoms with Gasteiger partial charge in [-0.15, -0.1) is 5.54 Å². The van der Waals surface area contributed by atoms with Gasteiger partial charge in [0.05, 0.1) is 0 Å². The zero-order valence-electron chi connectivity index (χ0n) is 20.0. The maximum atomic E-state index is 3.87. The van der Waals surface area contributed by atoms with Crippen LogP contribution in [0.1, 0.15) is 71.9 Å². The van der Waals surface area contributed by atoms with Crippen LogP contribution in [0.4, 0.5) is 0 Å². The minimum atomic E-state index is -1.75. The van der Waals surface area contributed by atoms with Crippen LogP contribution in [0.15, 0.2) is 60.2 Å². The Labute approximate surface area is 190 Å². The standard InChI is InChI=1S/C30H36Si/c1-23(2)31(24(3)4,25(5)6)21-16-27-13-8-7-12-26(27)14-15-28-22-29-17-9-10-19-30(28,29)20-11-18-29/h7-10,12-13,17,19,22-25H,11,18,20H2,1-6H3/t29-,30+/m1/s1. The van der Waals surface area contributed by atoms with Gasteiger partial charge < -0.3 is 0 Å². The van der Waals surface area contributed by atoms with Crippen molar-refractivity contribution in [3.63, 3.8) is 0 Å². The molecule has 3 aliphatic rings. The Morgan fingerprint density at radius 1 is 0.774 bits per heavy atom. The highest BCUT2D eigenvalue weighted by atomic mass is 28.3. The first-order valence-corrected chi connectivity index (χ1v) is 14.3. The first kappa shape index (κ1) is 22.0. The summed E-state index contributed by atoms with van der Waals surface area (Å²) in [7, 11) is -1.75. The minimum absolute atomic E-state index is 0.157. The maximum Gasteiger partial charge on any atom is 0.146 e. The molecule has 0 nitrogen and oxygen atoms in total. The van der Waals surface area contributed by atoms with Crippen molar-refractivity contribution in [2.45, 2.75) is 77.4 Å². The van der Waals surface area contributed by atoms with Crippen LogP contribution in [-0.2, 0) is 0 Å². The van der Waals surface area contributed by atoms with E-state index in [2.05, 4.69) is 119 Å². The van der Waals surface area contributed by atoms with Gasteiger partial charge in [-0.2, -0.15) is 0 Å². The van der Waals surface area contributed by atoms with E-state index in [0.29, 0.717) is 16.6 Å². The molecular weight excluding hydrogens is 388 g/mol. The lowest BCUT2D eigenvalue weighted by molar-refractivity contribution is 0.248. The third-order valence-corrected chi connectivity index (χ3v) is 14.6. The van der Waals surface area contributed by atoms with E-state index in [9.17, 15) is 0 Å². The molecule has 3 aliphatic carbocycles. The molecule has 1 heteroatoms. The van der Waals surface area contributed by atoms with Crippen molar-refractivity contribution in [2.75, 3.05) is 0 Å². The van der Waals surface area contributed by atoms with Crippen LogP contribution < -0.4 is 0 Å². The van der Waals surface area contributed by atoms with Crippen molar-refractivity contribution in [2.24, 2.45) is 10.8 Å². The SMILES string of the molecule is CC(C)[Si](C#Cc1ccccc1C#CC1=C[C@]23C=CC=C[C@]12CCC3)(C(C)C)C(C)C. The molecule has 4 rings (SSSR count). The van der Waals surface area contributed by atoms with Crippen molar-refractivity contribution >= 4 is 8.07 Å². The summed E-state index contributed by atoms with van der Waals surface area (Å²) >= 11 is 0. The maximum absolute atomic E-state index is 3.87. The summed E-state index contributed by atoms with van der Waals surface area (Å²) in [6.45, 7) is 14.2. The lowest BCUT2D eigenvalue weighted by Crippen LogP contribution is -2.43. The van der Waals surface area contributed by atoms with E-state index in [-0.39, 0.29) is 10.8 Å². The Morgan fingerprint density at radius 3 is 2.03 bits per heavy atom. The second-order valence-electron chi connectivity index (χ2n) is 10.6. The highest BCUT2D eigenvalue weighted by Gasteiger charge is 2.59. The summed E-state index contributed by atoms with van der Waals surface area (Å²) < 4.78 is 0. The van der Waals surface area contributed by atoms with E-state index in [4.69, 9.17) is 0 Å². The number of rotatable bonds is 3. The molecule has 1 fully saturated rings. The second-order valence-corrected chi connectivity index (χ2v) is 16.2. The van der Waals surface area contributed by atoms with Gasteiger partial charge in [0.2, 0.25) is 0 Å². The van der Waals surface area contributed by atoms with Crippen molar-refractivity contribution in [1.29, 1.82) is 0 Å². The molecular formula is C30H36Si. The van der Waals surface area contributed by atoms with Crippen molar-refractivity contribution in [3.05, 3.63) is 71.3 Å². The lowest BCUT2D eigenvalue weighted by atomic mass is 9.51. The van der Waals surface area contributed by atoms with E-state index < -0.39 is 8.07 Å². The summed E-state index contributed by atoms with van der Waals surface area (Å²) in [6.07, 6.45) is 15.4. The van der Waals surface area contributed by atoms with Crippen molar-refractivity contribution < 1.29 is 0 Å². The Hall–Kier alpha value is -2.22. The topological polar surface area (TPSA) is 0 Å². The van der Waals surface area contributed by atoms with Gasteiger partial charge in [0.1, 0.15) is 8.07 Å². The van der Waals surface area contributed by atoms with Gasteiger partial charge in [-0.1, -0.05) is 108 Å². The van der Waals surface area contributed by atoms with Crippen LogP contribution in [0.5, 0.6) is 0 Å². The molecule has 0 spiro atoms. The molecule has 0 saturated heterocycles. The number of hydrogen-bond acceptors (Lipinski definition) is 0. The molecule has 0 bridgehead atoms. The molecule has 2 atom stereocenters. The van der Waals surface area contributed by atoms with Crippen molar-refractivity contribution in [3.8, 4) is 23.3 Å². The van der Waals surface area contributed by atoms with E-state index in [1.54, 1.807) is 0 Å². The molecule has 0 aromatic heterocycles. The van der Waals surface area contributed by atoms with Gasteiger partial charge in [-0.05, 0) is 41.6 Å². The molecule has 160 valence electrons. The van der Waals surface area contributed by atoms with Gasteiger partial charge >= 0.3 is 0 Å².